The van der Waals surface area contributed by atoms with E-state index in [-0.39, 0.29) is 12.0 Å². The number of carbonyl (C=O) groups excluding carboxylic acids is 1. The van der Waals surface area contributed by atoms with Gasteiger partial charge in [0, 0.05) is 36.9 Å². The third-order valence-electron chi connectivity index (χ3n) is 3.61. The maximum Gasteiger partial charge on any atom is 0.270 e. The summed E-state index contributed by atoms with van der Waals surface area (Å²) in [6.45, 7) is 7.25. The van der Waals surface area contributed by atoms with E-state index in [1.54, 1.807) is 0 Å². The Hall–Kier alpha value is -0.810. The maximum atomic E-state index is 12.7. The molecule has 20 heavy (non-hydrogen) atoms. The first-order valence-electron chi connectivity index (χ1n) is 7.42. The zero-order chi connectivity index (χ0) is 14.5. The van der Waals surface area contributed by atoms with Crippen LogP contribution in [0.15, 0.2) is 16.7 Å². The average Bonchev–Trinajstić information content (AvgIpc) is 2.80. The Balaban J connectivity index is 2.10. The van der Waals surface area contributed by atoms with Crippen LogP contribution >= 0.6 is 15.9 Å². The number of halogens is 1. The third-order valence-corrected chi connectivity index (χ3v) is 4.05. The standard InChI is InChI=1S/C15H23BrN2O2/c1-3-7-17-10-12(16)9-14(17)15(19)18-8-5-6-13(11-18)20-4-2/h9-10,13H,3-8,11H2,1-2H3. The molecule has 1 aromatic heterocycles. The van der Waals surface area contributed by atoms with Crippen LogP contribution in [0.1, 0.15) is 43.6 Å². The summed E-state index contributed by atoms with van der Waals surface area (Å²) in [6.07, 6.45) is 5.27. The predicted octanol–water partition coefficient (Wildman–Crippen LogP) is 3.30. The molecule has 5 heteroatoms. The van der Waals surface area contributed by atoms with E-state index >= 15 is 0 Å². The van der Waals surface area contributed by atoms with Gasteiger partial charge in [0.05, 0.1) is 6.10 Å². The number of aryl methyl sites for hydroxylation is 1. The second-order valence-corrected chi connectivity index (χ2v) is 6.12. The number of likely N-dealkylation sites (tertiary alicyclic amines) is 1. The summed E-state index contributed by atoms with van der Waals surface area (Å²) in [5.74, 6) is 0.119. The van der Waals surface area contributed by atoms with Crippen molar-refractivity contribution in [3.05, 3.63) is 22.4 Å². The topological polar surface area (TPSA) is 34.5 Å². The molecule has 0 aromatic carbocycles. The van der Waals surface area contributed by atoms with Crippen molar-refractivity contribution in [2.45, 2.75) is 45.8 Å². The Morgan fingerprint density at radius 2 is 2.30 bits per heavy atom. The summed E-state index contributed by atoms with van der Waals surface area (Å²) >= 11 is 3.47. The van der Waals surface area contributed by atoms with E-state index in [0.29, 0.717) is 13.2 Å². The van der Waals surface area contributed by atoms with E-state index < -0.39 is 0 Å². The van der Waals surface area contributed by atoms with Crippen molar-refractivity contribution in [2.24, 2.45) is 0 Å². The number of carbonyl (C=O) groups is 1. The summed E-state index contributed by atoms with van der Waals surface area (Å²) in [5, 5.41) is 0. The highest BCUT2D eigenvalue weighted by molar-refractivity contribution is 9.10. The molecule has 1 aliphatic heterocycles. The molecule has 1 atom stereocenters. The molecule has 0 saturated carbocycles. The van der Waals surface area contributed by atoms with Gasteiger partial charge in [0.2, 0.25) is 0 Å². The number of rotatable bonds is 5. The summed E-state index contributed by atoms with van der Waals surface area (Å²) in [4.78, 5) is 14.6. The van der Waals surface area contributed by atoms with Crippen LogP contribution in [0, 0.1) is 0 Å². The minimum atomic E-state index is 0.119. The van der Waals surface area contributed by atoms with Crippen molar-refractivity contribution < 1.29 is 9.53 Å². The SMILES string of the molecule is CCCn1cc(Br)cc1C(=O)N1CCCC(OCC)C1. The zero-order valence-electron chi connectivity index (χ0n) is 12.3. The van der Waals surface area contributed by atoms with Crippen molar-refractivity contribution in [3.63, 3.8) is 0 Å². The molecule has 1 saturated heterocycles. The second kappa shape index (κ2) is 7.27. The highest BCUT2D eigenvalue weighted by Gasteiger charge is 2.26. The molecule has 0 spiro atoms. The van der Waals surface area contributed by atoms with Crippen LogP contribution in [0.2, 0.25) is 0 Å². The molecule has 2 heterocycles. The van der Waals surface area contributed by atoms with Gasteiger partial charge in [0.25, 0.3) is 5.91 Å². The molecule has 0 radical (unpaired) electrons. The molecular weight excluding hydrogens is 320 g/mol. The van der Waals surface area contributed by atoms with Crippen LogP contribution in [0.5, 0.6) is 0 Å². The van der Waals surface area contributed by atoms with E-state index in [1.165, 1.54) is 0 Å². The Morgan fingerprint density at radius 3 is 3.00 bits per heavy atom. The molecular formula is C15H23BrN2O2. The van der Waals surface area contributed by atoms with Gasteiger partial charge in [-0.1, -0.05) is 6.92 Å². The van der Waals surface area contributed by atoms with Gasteiger partial charge >= 0.3 is 0 Å². The first-order chi connectivity index (χ1) is 9.65. The first kappa shape index (κ1) is 15.6. The number of aromatic nitrogens is 1. The van der Waals surface area contributed by atoms with E-state index in [1.807, 2.05) is 28.7 Å². The maximum absolute atomic E-state index is 12.7. The molecule has 0 aliphatic carbocycles. The lowest BCUT2D eigenvalue weighted by Gasteiger charge is -2.32. The quantitative estimate of drug-likeness (QED) is 0.822. The first-order valence-corrected chi connectivity index (χ1v) is 8.21. The van der Waals surface area contributed by atoms with Gasteiger partial charge in [-0.25, -0.2) is 0 Å². The molecule has 2 rings (SSSR count). The Morgan fingerprint density at radius 1 is 1.50 bits per heavy atom. The fourth-order valence-electron chi connectivity index (χ4n) is 2.74. The van der Waals surface area contributed by atoms with Gasteiger partial charge in [-0.3, -0.25) is 4.79 Å². The van der Waals surface area contributed by atoms with Crippen molar-refractivity contribution in [3.8, 4) is 0 Å². The Bertz CT molecular complexity index is 457. The van der Waals surface area contributed by atoms with Gasteiger partial charge in [-0.2, -0.15) is 0 Å². The molecule has 4 nitrogen and oxygen atoms in total. The predicted molar refractivity (Wildman–Crippen MR) is 83.0 cm³/mol. The molecule has 1 fully saturated rings. The summed E-state index contributed by atoms with van der Waals surface area (Å²) in [5.41, 5.74) is 0.774. The van der Waals surface area contributed by atoms with Crippen LogP contribution < -0.4 is 0 Å². The van der Waals surface area contributed by atoms with Crippen molar-refractivity contribution in [1.29, 1.82) is 0 Å². The average molecular weight is 343 g/mol. The van der Waals surface area contributed by atoms with E-state index in [4.69, 9.17) is 4.74 Å². The molecule has 1 unspecified atom stereocenters. The number of ether oxygens (including phenoxy) is 1. The molecule has 1 amide bonds. The molecule has 112 valence electrons. The monoisotopic (exact) mass is 342 g/mol. The number of amides is 1. The smallest absolute Gasteiger partial charge is 0.270 e. The fourth-order valence-corrected chi connectivity index (χ4v) is 3.20. The summed E-state index contributed by atoms with van der Waals surface area (Å²) < 4.78 is 8.68. The summed E-state index contributed by atoms with van der Waals surface area (Å²) in [7, 11) is 0. The largest absolute Gasteiger partial charge is 0.377 e. The Labute approximate surface area is 129 Å². The lowest BCUT2D eigenvalue weighted by Crippen LogP contribution is -2.43. The van der Waals surface area contributed by atoms with Crippen molar-refractivity contribution in [2.75, 3.05) is 19.7 Å². The van der Waals surface area contributed by atoms with Gasteiger partial charge in [-0.05, 0) is 48.2 Å². The molecule has 0 bridgehead atoms. The van der Waals surface area contributed by atoms with E-state index in [0.717, 1.165) is 42.5 Å². The van der Waals surface area contributed by atoms with Crippen molar-refractivity contribution in [1.82, 2.24) is 9.47 Å². The molecule has 0 N–H and O–H groups in total. The highest BCUT2D eigenvalue weighted by atomic mass is 79.9. The van der Waals surface area contributed by atoms with E-state index in [9.17, 15) is 4.79 Å². The number of hydrogen-bond acceptors (Lipinski definition) is 2. The number of hydrogen-bond donors (Lipinski definition) is 0. The minimum Gasteiger partial charge on any atom is -0.377 e. The fraction of sp³-hybridized carbons (Fsp3) is 0.667. The van der Waals surface area contributed by atoms with Gasteiger partial charge in [-0.15, -0.1) is 0 Å². The Kier molecular flexibility index (Phi) is 5.66. The molecule has 1 aliphatic rings. The van der Waals surface area contributed by atoms with Crippen LogP contribution in [-0.2, 0) is 11.3 Å². The second-order valence-electron chi connectivity index (χ2n) is 5.21. The third kappa shape index (κ3) is 3.64. The van der Waals surface area contributed by atoms with Crippen LogP contribution in [0.4, 0.5) is 0 Å². The zero-order valence-corrected chi connectivity index (χ0v) is 13.9. The highest BCUT2D eigenvalue weighted by Crippen LogP contribution is 2.20. The van der Waals surface area contributed by atoms with Gasteiger partial charge in [0.1, 0.15) is 5.69 Å². The lowest BCUT2D eigenvalue weighted by atomic mass is 10.1. The van der Waals surface area contributed by atoms with Gasteiger partial charge in [0.15, 0.2) is 0 Å². The van der Waals surface area contributed by atoms with Crippen LogP contribution in [0.3, 0.4) is 0 Å². The molecule has 1 aromatic rings. The number of nitrogens with zero attached hydrogens (tertiary/aromatic N) is 2. The normalized spacial score (nSPS) is 19.4. The van der Waals surface area contributed by atoms with E-state index in [2.05, 4.69) is 22.9 Å². The van der Waals surface area contributed by atoms with Crippen LogP contribution in [0.25, 0.3) is 0 Å². The number of piperidine rings is 1. The minimum absolute atomic E-state index is 0.119. The summed E-state index contributed by atoms with van der Waals surface area (Å²) in [6, 6.07) is 1.92. The lowest BCUT2D eigenvalue weighted by molar-refractivity contribution is 0.00686. The van der Waals surface area contributed by atoms with Crippen LogP contribution in [-0.4, -0.2) is 41.2 Å². The van der Waals surface area contributed by atoms with Gasteiger partial charge < -0.3 is 14.2 Å². The van der Waals surface area contributed by atoms with Crippen molar-refractivity contribution >= 4 is 21.8 Å².